The fourth-order valence-electron chi connectivity index (χ4n) is 3.03. The number of nitrogens with zero attached hydrogens (tertiary/aromatic N) is 1. The van der Waals surface area contributed by atoms with Crippen LogP contribution in [-0.2, 0) is 10.0 Å². The van der Waals surface area contributed by atoms with Crippen LogP contribution in [-0.4, -0.2) is 24.4 Å². The number of aromatic hydroxyl groups is 1. The summed E-state index contributed by atoms with van der Waals surface area (Å²) in [6.07, 6.45) is 1.57. The maximum Gasteiger partial charge on any atom is 0.261 e. The Hall–Kier alpha value is -3.62. The Morgan fingerprint density at radius 1 is 0.968 bits per heavy atom. The SMILES string of the molecule is O=C(Nc1cc(S(=O)(=O)Nc2cccc(Cl)c2)ccc1O)c1cccc2cccnc12. The molecule has 1 amide bonds. The summed E-state index contributed by atoms with van der Waals surface area (Å²) in [7, 11) is -3.99. The van der Waals surface area contributed by atoms with Gasteiger partial charge in [0.1, 0.15) is 5.75 Å². The lowest BCUT2D eigenvalue weighted by Crippen LogP contribution is -2.15. The molecule has 1 heterocycles. The van der Waals surface area contributed by atoms with Crippen LogP contribution in [0.25, 0.3) is 10.9 Å². The first-order valence-corrected chi connectivity index (χ1v) is 11.0. The molecule has 9 heteroatoms. The topological polar surface area (TPSA) is 108 Å². The molecule has 0 saturated heterocycles. The average Bonchev–Trinajstić information content (AvgIpc) is 2.74. The van der Waals surface area contributed by atoms with E-state index in [2.05, 4.69) is 15.0 Å². The summed E-state index contributed by atoms with van der Waals surface area (Å²) in [5.41, 5.74) is 1.02. The van der Waals surface area contributed by atoms with Crippen molar-refractivity contribution in [2.45, 2.75) is 4.90 Å². The number of carbonyl (C=O) groups excluding carboxylic acids is 1. The molecule has 0 fully saturated rings. The van der Waals surface area contributed by atoms with E-state index >= 15 is 0 Å². The maximum absolute atomic E-state index is 12.8. The van der Waals surface area contributed by atoms with Gasteiger partial charge in [0.05, 0.1) is 27.4 Å². The third-order valence-corrected chi connectivity index (χ3v) is 6.09. The van der Waals surface area contributed by atoms with E-state index in [1.807, 2.05) is 12.1 Å². The molecule has 0 aliphatic heterocycles. The quantitative estimate of drug-likeness (QED) is 0.381. The lowest BCUT2D eigenvalue weighted by atomic mass is 10.1. The molecule has 0 aliphatic carbocycles. The van der Waals surface area contributed by atoms with Crippen molar-refractivity contribution in [3.63, 3.8) is 0 Å². The van der Waals surface area contributed by atoms with Gasteiger partial charge in [-0.15, -0.1) is 0 Å². The highest BCUT2D eigenvalue weighted by Crippen LogP contribution is 2.29. The van der Waals surface area contributed by atoms with Crippen LogP contribution in [0.1, 0.15) is 10.4 Å². The predicted octanol–water partition coefficient (Wildman–Crippen LogP) is 4.65. The smallest absolute Gasteiger partial charge is 0.261 e. The first-order valence-electron chi connectivity index (χ1n) is 9.10. The predicted molar refractivity (Wildman–Crippen MR) is 120 cm³/mol. The molecule has 3 N–H and O–H groups in total. The second kappa shape index (κ2) is 8.25. The van der Waals surface area contributed by atoms with Crippen molar-refractivity contribution in [1.82, 2.24) is 4.98 Å². The van der Waals surface area contributed by atoms with Gasteiger partial charge >= 0.3 is 0 Å². The number of para-hydroxylation sites is 1. The average molecular weight is 454 g/mol. The summed E-state index contributed by atoms with van der Waals surface area (Å²) in [4.78, 5) is 16.9. The minimum atomic E-state index is -3.99. The van der Waals surface area contributed by atoms with Crippen LogP contribution in [0.3, 0.4) is 0 Å². The van der Waals surface area contributed by atoms with E-state index in [9.17, 15) is 18.3 Å². The van der Waals surface area contributed by atoms with Gasteiger partial charge in [-0.3, -0.25) is 14.5 Å². The Labute approximate surface area is 183 Å². The van der Waals surface area contributed by atoms with E-state index in [1.54, 1.807) is 42.6 Å². The first-order chi connectivity index (χ1) is 14.8. The van der Waals surface area contributed by atoms with Crippen LogP contribution in [0.5, 0.6) is 5.75 Å². The Morgan fingerprint density at radius 2 is 1.74 bits per heavy atom. The fraction of sp³-hybridized carbons (Fsp3) is 0. The van der Waals surface area contributed by atoms with E-state index in [0.29, 0.717) is 16.1 Å². The molecule has 0 unspecified atom stereocenters. The molecule has 31 heavy (non-hydrogen) atoms. The summed E-state index contributed by atoms with van der Waals surface area (Å²) in [6, 6.07) is 18.6. The van der Waals surface area contributed by atoms with Gasteiger partial charge in [-0.05, 0) is 48.5 Å². The number of rotatable bonds is 5. The number of aromatic nitrogens is 1. The summed E-state index contributed by atoms with van der Waals surface area (Å²) >= 11 is 5.90. The summed E-state index contributed by atoms with van der Waals surface area (Å²) in [5.74, 6) is -0.805. The fourth-order valence-corrected chi connectivity index (χ4v) is 4.29. The summed E-state index contributed by atoms with van der Waals surface area (Å²) in [6.45, 7) is 0. The van der Waals surface area contributed by atoms with Gasteiger partial charge in [0, 0.05) is 16.6 Å². The molecular formula is C22H16ClN3O4S. The van der Waals surface area contributed by atoms with Crippen LogP contribution < -0.4 is 10.0 Å². The van der Waals surface area contributed by atoms with Crippen molar-refractivity contribution in [2.24, 2.45) is 0 Å². The minimum absolute atomic E-state index is 0.0492. The van der Waals surface area contributed by atoms with Crippen LogP contribution in [0, 0.1) is 0 Å². The minimum Gasteiger partial charge on any atom is -0.506 e. The van der Waals surface area contributed by atoms with Crippen LogP contribution in [0.15, 0.2) is 83.9 Å². The van der Waals surface area contributed by atoms with Crippen molar-refractivity contribution in [2.75, 3.05) is 10.0 Å². The molecule has 7 nitrogen and oxygen atoms in total. The van der Waals surface area contributed by atoms with Gasteiger partial charge in [-0.2, -0.15) is 0 Å². The molecule has 0 spiro atoms. The molecular weight excluding hydrogens is 438 g/mol. The van der Waals surface area contributed by atoms with Crippen LogP contribution >= 0.6 is 11.6 Å². The standard InChI is InChI=1S/C22H16ClN3O4S/c23-15-6-2-7-16(12-15)26-31(29,30)17-9-10-20(27)19(13-17)25-22(28)18-8-1-4-14-5-3-11-24-21(14)18/h1-13,26-27H,(H,25,28). The van der Waals surface area contributed by atoms with Crippen molar-refractivity contribution in [3.05, 3.63) is 89.6 Å². The van der Waals surface area contributed by atoms with E-state index in [-0.39, 0.29) is 22.0 Å². The number of amides is 1. The number of fused-ring (bicyclic) bond motifs is 1. The van der Waals surface area contributed by atoms with Gasteiger partial charge in [-0.1, -0.05) is 35.9 Å². The lowest BCUT2D eigenvalue weighted by molar-refractivity contribution is 0.102. The maximum atomic E-state index is 12.8. The molecule has 0 bridgehead atoms. The monoisotopic (exact) mass is 453 g/mol. The highest BCUT2D eigenvalue weighted by Gasteiger charge is 2.19. The van der Waals surface area contributed by atoms with Crippen molar-refractivity contribution in [3.8, 4) is 5.75 Å². The molecule has 0 radical (unpaired) electrons. The number of pyridine rings is 1. The zero-order chi connectivity index (χ0) is 22.0. The summed E-state index contributed by atoms with van der Waals surface area (Å²) in [5, 5.41) is 13.9. The number of sulfonamides is 1. The number of nitrogens with one attached hydrogen (secondary N) is 2. The van der Waals surface area contributed by atoms with Crippen LogP contribution in [0.2, 0.25) is 5.02 Å². The highest BCUT2D eigenvalue weighted by molar-refractivity contribution is 7.92. The van der Waals surface area contributed by atoms with Crippen molar-refractivity contribution >= 4 is 49.8 Å². The highest BCUT2D eigenvalue weighted by atomic mass is 35.5. The number of halogens is 1. The van der Waals surface area contributed by atoms with Gasteiger partial charge in [0.25, 0.3) is 15.9 Å². The summed E-state index contributed by atoms with van der Waals surface area (Å²) < 4.78 is 27.9. The first kappa shape index (κ1) is 20.6. The van der Waals surface area contributed by atoms with E-state index < -0.39 is 15.9 Å². The van der Waals surface area contributed by atoms with Gasteiger partial charge in [-0.25, -0.2) is 8.42 Å². The Kier molecular flexibility index (Phi) is 5.50. The lowest BCUT2D eigenvalue weighted by Gasteiger charge is -2.12. The number of anilines is 2. The number of benzene rings is 3. The van der Waals surface area contributed by atoms with E-state index in [0.717, 1.165) is 5.39 Å². The third kappa shape index (κ3) is 4.45. The van der Waals surface area contributed by atoms with Gasteiger partial charge in [0.2, 0.25) is 0 Å². The second-order valence-electron chi connectivity index (χ2n) is 6.63. The molecule has 156 valence electrons. The third-order valence-electron chi connectivity index (χ3n) is 4.48. The zero-order valence-corrected chi connectivity index (χ0v) is 17.5. The van der Waals surface area contributed by atoms with Crippen molar-refractivity contribution in [1.29, 1.82) is 0 Å². The van der Waals surface area contributed by atoms with E-state index in [1.165, 1.54) is 24.3 Å². The molecule has 3 aromatic carbocycles. The number of hydrogen-bond donors (Lipinski definition) is 3. The zero-order valence-electron chi connectivity index (χ0n) is 15.9. The molecule has 0 aliphatic rings. The van der Waals surface area contributed by atoms with Crippen LogP contribution in [0.4, 0.5) is 11.4 Å². The molecule has 0 saturated carbocycles. The molecule has 4 aromatic rings. The normalized spacial score (nSPS) is 11.3. The van der Waals surface area contributed by atoms with Gasteiger partial charge < -0.3 is 10.4 Å². The Morgan fingerprint density at radius 3 is 2.55 bits per heavy atom. The Balaban J connectivity index is 1.64. The van der Waals surface area contributed by atoms with E-state index in [4.69, 9.17) is 11.6 Å². The Bertz CT molecular complexity index is 1400. The number of phenolic OH excluding ortho intramolecular Hbond substituents is 1. The molecule has 4 rings (SSSR count). The molecule has 1 aromatic heterocycles. The number of hydrogen-bond acceptors (Lipinski definition) is 5. The largest absolute Gasteiger partial charge is 0.506 e. The number of carbonyl (C=O) groups is 1. The van der Waals surface area contributed by atoms with Gasteiger partial charge in [0.15, 0.2) is 0 Å². The second-order valence-corrected chi connectivity index (χ2v) is 8.75. The number of phenols is 1. The molecule has 0 atom stereocenters. The van der Waals surface area contributed by atoms with Crippen molar-refractivity contribution < 1.29 is 18.3 Å².